The Labute approximate surface area is 89.0 Å². The van der Waals surface area contributed by atoms with E-state index in [4.69, 9.17) is 0 Å². The van der Waals surface area contributed by atoms with E-state index in [-0.39, 0.29) is 0 Å². The van der Waals surface area contributed by atoms with Crippen LogP contribution in [0.5, 0.6) is 0 Å². The van der Waals surface area contributed by atoms with Gasteiger partial charge in [0, 0.05) is 0 Å². The van der Waals surface area contributed by atoms with Crippen LogP contribution in [-0.2, 0) is 0 Å². The Morgan fingerprint density at radius 1 is 1.36 bits per heavy atom. The highest BCUT2D eigenvalue weighted by atomic mass is 14.0. The molecule has 1 heteroatoms. The second-order valence-corrected chi connectivity index (χ2v) is 4.07. The normalized spacial score (nSPS) is 17.4. The van der Waals surface area contributed by atoms with Gasteiger partial charge in [-0.25, -0.2) is 0 Å². The Morgan fingerprint density at radius 2 is 2.21 bits per heavy atom. The molecule has 0 bridgehead atoms. The van der Waals surface area contributed by atoms with Crippen molar-refractivity contribution in [1.29, 1.82) is 0 Å². The molecule has 0 nitrogen and oxygen atoms in total. The van der Waals surface area contributed by atoms with Gasteiger partial charge in [0.25, 0.3) is 0 Å². The molecule has 1 aliphatic rings. The summed E-state index contributed by atoms with van der Waals surface area (Å²) in [7, 11) is 1.27. The van der Waals surface area contributed by atoms with Gasteiger partial charge in [0.2, 0.25) is 0 Å². The molecule has 0 spiro atoms. The number of rotatable bonds is 5. The van der Waals surface area contributed by atoms with Crippen LogP contribution in [0.15, 0.2) is 35.9 Å². The highest BCUT2D eigenvalue weighted by molar-refractivity contribution is 6.48. The van der Waals surface area contributed by atoms with Gasteiger partial charge in [0.1, 0.15) is 0 Å². The molecule has 0 saturated carbocycles. The Bertz CT molecular complexity index is 236. The Morgan fingerprint density at radius 3 is 2.93 bits per heavy atom. The van der Waals surface area contributed by atoms with Gasteiger partial charge in [-0.3, -0.25) is 0 Å². The average molecular weight is 188 g/mol. The molecule has 1 aliphatic carbocycles. The topological polar surface area (TPSA) is 0 Å². The summed E-state index contributed by atoms with van der Waals surface area (Å²) in [6, 6.07) is 0. The Balaban J connectivity index is 2.45. The van der Waals surface area contributed by atoms with Crippen LogP contribution in [0.25, 0.3) is 0 Å². The van der Waals surface area contributed by atoms with E-state index < -0.39 is 0 Å². The maximum atomic E-state index is 2.36. The minimum atomic E-state index is 0.883. The zero-order valence-electron chi connectivity index (χ0n) is 9.50. The summed E-state index contributed by atoms with van der Waals surface area (Å²) in [5.74, 6) is 0.883. The van der Waals surface area contributed by atoms with E-state index >= 15 is 0 Å². The van der Waals surface area contributed by atoms with Crippen molar-refractivity contribution in [2.75, 3.05) is 0 Å². The molecule has 0 aromatic heterocycles. The molecule has 0 fully saturated rings. The fourth-order valence-electron chi connectivity index (χ4n) is 1.97. The van der Waals surface area contributed by atoms with E-state index in [1.807, 2.05) is 0 Å². The van der Waals surface area contributed by atoms with Crippen LogP contribution in [0, 0.1) is 0 Å². The van der Waals surface area contributed by atoms with E-state index in [0.717, 1.165) is 12.2 Å². The molecular formula is C13H21B. The average Bonchev–Trinajstić information content (AvgIpc) is 2.45. The smallest absolute Gasteiger partial charge is 0.0878 e. The van der Waals surface area contributed by atoms with Gasteiger partial charge in [-0.15, -0.1) is 0 Å². The van der Waals surface area contributed by atoms with E-state index in [0.29, 0.717) is 0 Å². The molecular weight excluding hydrogens is 167 g/mol. The summed E-state index contributed by atoms with van der Waals surface area (Å²) >= 11 is 0. The standard InChI is InChI=1S/C13H21B/c1-3-9-12(4-2)14-13-10-7-5-6-8-11-13/h5-7,10-12,14H,3-4,8-9H2,1-2H3. The lowest BCUT2D eigenvalue weighted by Crippen LogP contribution is -2.04. The number of hydrogen-bond acceptors (Lipinski definition) is 0. The molecule has 76 valence electrons. The van der Waals surface area contributed by atoms with Crippen LogP contribution in [-0.4, -0.2) is 7.28 Å². The van der Waals surface area contributed by atoms with Gasteiger partial charge >= 0.3 is 0 Å². The van der Waals surface area contributed by atoms with Crippen LogP contribution < -0.4 is 0 Å². The first-order valence-electron chi connectivity index (χ1n) is 5.89. The fraction of sp³-hybridized carbons (Fsp3) is 0.538. The van der Waals surface area contributed by atoms with Crippen LogP contribution in [0.4, 0.5) is 0 Å². The van der Waals surface area contributed by atoms with Crippen molar-refractivity contribution in [3.63, 3.8) is 0 Å². The zero-order valence-corrected chi connectivity index (χ0v) is 9.50. The second-order valence-electron chi connectivity index (χ2n) is 4.07. The van der Waals surface area contributed by atoms with Crippen LogP contribution in [0.1, 0.15) is 39.5 Å². The van der Waals surface area contributed by atoms with Crippen molar-refractivity contribution in [3.05, 3.63) is 35.9 Å². The lowest BCUT2D eigenvalue weighted by molar-refractivity contribution is 0.695. The van der Waals surface area contributed by atoms with Crippen molar-refractivity contribution in [3.8, 4) is 0 Å². The molecule has 1 atom stereocenters. The van der Waals surface area contributed by atoms with E-state index in [2.05, 4.69) is 44.2 Å². The summed E-state index contributed by atoms with van der Waals surface area (Å²) < 4.78 is 0. The third-order valence-electron chi connectivity index (χ3n) is 2.87. The Kier molecular flexibility index (Phi) is 5.43. The van der Waals surface area contributed by atoms with Crippen molar-refractivity contribution in [2.45, 2.75) is 45.3 Å². The highest BCUT2D eigenvalue weighted by Crippen LogP contribution is 2.20. The number of allylic oxidation sites excluding steroid dienone is 6. The molecule has 0 aromatic carbocycles. The molecule has 0 amide bonds. The third kappa shape index (κ3) is 4.00. The molecule has 0 aliphatic heterocycles. The summed E-state index contributed by atoms with van der Waals surface area (Å²) in [5.41, 5.74) is 1.52. The molecule has 0 saturated heterocycles. The lowest BCUT2D eigenvalue weighted by Gasteiger charge is -2.12. The van der Waals surface area contributed by atoms with Gasteiger partial charge in [0.15, 0.2) is 7.28 Å². The van der Waals surface area contributed by atoms with E-state index in [1.54, 1.807) is 0 Å². The molecule has 0 aromatic rings. The van der Waals surface area contributed by atoms with Crippen molar-refractivity contribution >= 4 is 7.28 Å². The van der Waals surface area contributed by atoms with E-state index in [9.17, 15) is 0 Å². The van der Waals surface area contributed by atoms with Crippen LogP contribution in [0.3, 0.4) is 0 Å². The summed E-state index contributed by atoms with van der Waals surface area (Å²) in [6.45, 7) is 4.58. The highest BCUT2D eigenvalue weighted by Gasteiger charge is 2.08. The minimum Gasteiger partial charge on any atom is -0.0878 e. The van der Waals surface area contributed by atoms with Crippen molar-refractivity contribution in [2.24, 2.45) is 0 Å². The van der Waals surface area contributed by atoms with Gasteiger partial charge in [-0.1, -0.05) is 74.8 Å². The maximum Gasteiger partial charge on any atom is 0.160 e. The van der Waals surface area contributed by atoms with Gasteiger partial charge in [0.05, 0.1) is 0 Å². The third-order valence-corrected chi connectivity index (χ3v) is 2.87. The molecule has 14 heavy (non-hydrogen) atoms. The summed E-state index contributed by atoms with van der Waals surface area (Å²) in [6.07, 6.45) is 16.2. The first kappa shape index (κ1) is 11.4. The lowest BCUT2D eigenvalue weighted by atomic mass is 9.56. The first-order valence-corrected chi connectivity index (χ1v) is 5.89. The van der Waals surface area contributed by atoms with Crippen molar-refractivity contribution < 1.29 is 0 Å². The predicted octanol–water partition coefficient (Wildman–Crippen LogP) is 3.82. The quantitative estimate of drug-likeness (QED) is 0.575. The van der Waals surface area contributed by atoms with Crippen molar-refractivity contribution in [1.82, 2.24) is 0 Å². The van der Waals surface area contributed by atoms with Gasteiger partial charge in [-0.05, 0) is 6.42 Å². The fourth-order valence-corrected chi connectivity index (χ4v) is 1.97. The monoisotopic (exact) mass is 188 g/mol. The molecule has 0 N–H and O–H groups in total. The van der Waals surface area contributed by atoms with Crippen LogP contribution in [0.2, 0.25) is 5.82 Å². The predicted molar refractivity (Wildman–Crippen MR) is 67.1 cm³/mol. The van der Waals surface area contributed by atoms with Crippen LogP contribution >= 0.6 is 0 Å². The van der Waals surface area contributed by atoms with Gasteiger partial charge in [-0.2, -0.15) is 0 Å². The SMILES string of the molecule is CCCC(BC1=CCC=CC=C1)CC. The summed E-state index contributed by atoms with van der Waals surface area (Å²) in [4.78, 5) is 0. The molecule has 1 rings (SSSR count). The van der Waals surface area contributed by atoms with E-state index in [1.165, 1.54) is 32.0 Å². The van der Waals surface area contributed by atoms with Gasteiger partial charge < -0.3 is 0 Å². The maximum absolute atomic E-state index is 2.36. The second kappa shape index (κ2) is 6.70. The summed E-state index contributed by atoms with van der Waals surface area (Å²) in [5, 5.41) is 0. The zero-order chi connectivity index (χ0) is 10.2. The first-order chi connectivity index (χ1) is 6.86. The largest absolute Gasteiger partial charge is 0.160 e. The molecule has 0 radical (unpaired) electrons. The number of hydrogen-bond donors (Lipinski definition) is 0. The Hall–Kier alpha value is -0.715. The molecule has 0 heterocycles. The molecule has 1 unspecified atom stereocenters. The minimum absolute atomic E-state index is 0.883.